The van der Waals surface area contributed by atoms with Crippen LogP contribution in [0.2, 0.25) is 0 Å². The van der Waals surface area contributed by atoms with E-state index in [-0.39, 0.29) is 5.91 Å². The van der Waals surface area contributed by atoms with Crippen molar-refractivity contribution in [1.29, 1.82) is 0 Å². The number of benzene rings is 2. The molecule has 0 fully saturated rings. The predicted octanol–water partition coefficient (Wildman–Crippen LogP) is 3.67. The molecule has 1 aliphatic heterocycles. The van der Waals surface area contributed by atoms with E-state index in [0.717, 1.165) is 21.4 Å². The molecule has 0 saturated carbocycles. The lowest BCUT2D eigenvalue weighted by Crippen LogP contribution is -2.20. The molecule has 0 atom stereocenters. The van der Waals surface area contributed by atoms with Gasteiger partial charge in [0.05, 0.1) is 12.1 Å². The van der Waals surface area contributed by atoms with Gasteiger partial charge in [-0.3, -0.25) is 9.69 Å². The van der Waals surface area contributed by atoms with Gasteiger partial charge in [0.15, 0.2) is 0 Å². The molecule has 0 aromatic heterocycles. The van der Waals surface area contributed by atoms with Crippen LogP contribution in [0.3, 0.4) is 0 Å². The Hall–Kier alpha value is -1.61. The Labute approximate surface area is 108 Å². The SMILES string of the molecule is O=C1Cc2ccc(Br)cc2N1c1ccccc1. The predicted molar refractivity (Wildman–Crippen MR) is 71.4 cm³/mol. The van der Waals surface area contributed by atoms with Gasteiger partial charge >= 0.3 is 0 Å². The van der Waals surface area contributed by atoms with E-state index < -0.39 is 0 Å². The highest BCUT2D eigenvalue weighted by Crippen LogP contribution is 2.36. The molecule has 3 heteroatoms. The molecule has 0 N–H and O–H groups in total. The van der Waals surface area contributed by atoms with Crippen molar-refractivity contribution in [2.24, 2.45) is 0 Å². The van der Waals surface area contributed by atoms with Crippen LogP contribution in [-0.2, 0) is 11.2 Å². The zero-order valence-electron chi connectivity index (χ0n) is 9.06. The molecule has 0 saturated heterocycles. The van der Waals surface area contributed by atoms with Crippen molar-refractivity contribution in [2.75, 3.05) is 4.90 Å². The molecular formula is C14H10BrNO. The summed E-state index contributed by atoms with van der Waals surface area (Å²) in [6.07, 6.45) is 0.484. The molecule has 1 heterocycles. The normalized spacial score (nSPS) is 13.9. The van der Waals surface area contributed by atoms with Gasteiger partial charge in [0.25, 0.3) is 0 Å². The highest BCUT2D eigenvalue weighted by atomic mass is 79.9. The zero-order chi connectivity index (χ0) is 11.8. The molecule has 0 spiro atoms. The average Bonchev–Trinajstić information content (AvgIpc) is 2.65. The van der Waals surface area contributed by atoms with Crippen molar-refractivity contribution >= 4 is 33.2 Å². The summed E-state index contributed by atoms with van der Waals surface area (Å²) >= 11 is 3.45. The molecule has 3 rings (SSSR count). The second-order valence-electron chi connectivity index (χ2n) is 4.01. The maximum atomic E-state index is 12.1. The zero-order valence-corrected chi connectivity index (χ0v) is 10.6. The third-order valence-corrected chi connectivity index (χ3v) is 3.39. The number of anilines is 2. The molecule has 2 aromatic rings. The van der Waals surface area contributed by atoms with Crippen LogP contribution in [0.4, 0.5) is 11.4 Å². The van der Waals surface area contributed by atoms with Crippen molar-refractivity contribution in [3.8, 4) is 0 Å². The molecule has 84 valence electrons. The quantitative estimate of drug-likeness (QED) is 0.784. The monoisotopic (exact) mass is 287 g/mol. The molecule has 2 aromatic carbocycles. The largest absolute Gasteiger partial charge is 0.280 e. The van der Waals surface area contributed by atoms with E-state index in [0.29, 0.717) is 6.42 Å². The fourth-order valence-corrected chi connectivity index (χ4v) is 2.48. The number of carbonyl (C=O) groups is 1. The Balaban J connectivity index is 2.14. The van der Waals surface area contributed by atoms with Gasteiger partial charge < -0.3 is 0 Å². The van der Waals surface area contributed by atoms with E-state index in [1.54, 1.807) is 4.90 Å². The van der Waals surface area contributed by atoms with E-state index in [9.17, 15) is 4.79 Å². The van der Waals surface area contributed by atoms with Crippen LogP contribution in [0.1, 0.15) is 5.56 Å². The minimum atomic E-state index is 0.129. The molecule has 0 aliphatic carbocycles. The molecule has 0 unspecified atom stereocenters. The van der Waals surface area contributed by atoms with Crippen LogP contribution >= 0.6 is 15.9 Å². The fraction of sp³-hybridized carbons (Fsp3) is 0.0714. The van der Waals surface area contributed by atoms with Crippen LogP contribution in [0.15, 0.2) is 53.0 Å². The lowest BCUT2D eigenvalue weighted by molar-refractivity contribution is -0.116. The summed E-state index contributed by atoms with van der Waals surface area (Å²) in [5.74, 6) is 0.129. The fourth-order valence-electron chi connectivity index (χ4n) is 2.13. The lowest BCUT2D eigenvalue weighted by Gasteiger charge is -2.17. The Kier molecular flexibility index (Phi) is 2.48. The first-order valence-corrected chi connectivity index (χ1v) is 6.21. The number of nitrogens with zero attached hydrogens (tertiary/aromatic N) is 1. The van der Waals surface area contributed by atoms with Crippen molar-refractivity contribution in [3.63, 3.8) is 0 Å². The number of amides is 1. The maximum Gasteiger partial charge on any atom is 0.236 e. The first-order chi connectivity index (χ1) is 8.25. The molecule has 0 radical (unpaired) electrons. The maximum absolute atomic E-state index is 12.1. The summed E-state index contributed by atoms with van der Waals surface area (Å²) < 4.78 is 0.992. The van der Waals surface area contributed by atoms with Gasteiger partial charge in [0.1, 0.15) is 0 Å². The molecule has 1 amide bonds. The van der Waals surface area contributed by atoms with Gasteiger partial charge in [-0.05, 0) is 29.8 Å². The summed E-state index contributed by atoms with van der Waals surface area (Å²) in [5.41, 5.74) is 2.99. The van der Waals surface area contributed by atoms with Crippen molar-refractivity contribution in [1.82, 2.24) is 0 Å². The van der Waals surface area contributed by atoms with Gasteiger partial charge in [0, 0.05) is 10.2 Å². The number of para-hydroxylation sites is 1. The summed E-state index contributed by atoms with van der Waals surface area (Å²) in [6.45, 7) is 0. The first-order valence-electron chi connectivity index (χ1n) is 5.42. The summed E-state index contributed by atoms with van der Waals surface area (Å²) in [5, 5.41) is 0. The first kappa shape index (κ1) is 10.5. The number of hydrogen-bond donors (Lipinski definition) is 0. The third kappa shape index (κ3) is 1.76. The van der Waals surface area contributed by atoms with E-state index >= 15 is 0 Å². The number of halogens is 1. The van der Waals surface area contributed by atoms with Crippen LogP contribution in [-0.4, -0.2) is 5.91 Å². The van der Waals surface area contributed by atoms with Crippen LogP contribution in [0, 0.1) is 0 Å². The summed E-state index contributed by atoms with van der Waals surface area (Å²) in [4.78, 5) is 13.8. The minimum absolute atomic E-state index is 0.129. The minimum Gasteiger partial charge on any atom is -0.280 e. The molecule has 2 nitrogen and oxygen atoms in total. The topological polar surface area (TPSA) is 20.3 Å². The van der Waals surface area contributed by atoms with Crippen molar-refractivity contribution in [3.05, 3.63) is 58.6 Å². The second kappa shape index (κ2) is 4.00. The number of carbonyl (C=O) groups excluding carboxylic acids is 1. The smallest absolute Gasteiger partial charge is 0.236 e. The standard InChI is InChI=1S/C14H10BrNO/c15-11-7-6-10-8-14(17)16(13(10)9-11)12-4-2-1-3-5-12/h1-7,9H,8H2. The van der Waals surface area contributed by atoms with Gasteiger partial charge in [-0.25, -0.2) is 0 Å². The van der Waals surface area contributed by atoms with E-state index in [2.05, 4.69) is 15.9 Å². The highest BCUT2D eigenvalue weighted by Gasteiger charge is 2.28. The number of fused-ring (bicyclic) bond motifs is 1. The average molecular weight is 288 g/mol. The van der Waals surface area contributed by atoms with Crippen molar-refractivity contribution < 1.29 is 4.79 Å². The van der Waals surface area contributed by atoms with Crippen LogP contribution in [0.5, 0.6) is 0 Å². The Morgan fingerprint density at radius 1 is 1.06 bits per heavy atom. The Morgan fingerprint density at radius 3 is 2.59 bits per heavy atom. The second-order valence-corrected chi connectivity index (χ2v) is 4.93. The number of hydrogen-bond acceptors (Lipinski definition) is 1. The molecular weight excluding hydrogens is 278 g/mol. The van der Waals surface area contributed by atoms with Gasteiger partial charge in [-0.2, -0.15) is 0 Å². The Morgan fingerprint density at radius 2 is 1.82 bits per heavy atom. The summed E-state index contributed by atoms with van der Waals surface area (Å²) in [7, 11) is 0. The van der Waals surface area contributed by atoms with Crippen molar-refractivity contribution in [2.45, 2.75) is 6.42 Å². The van der Waals surface area contributed by atoms with E-state index in [4.69, 9.17) is 0 Å². The summed E-state index contributed by atoms with van der Waals surface area (Å²) in [6, 6.07) is 15.7. The highest BCUT2D eigenvalue weighted by molar-refractivity contribution is 9.10. The van der Waals surface area contributed by atoms with E-state index in [1.807, 2.05) is 48.5 Å². The molecule has 17 heavy (non-hydrogen) atoms. The Bertz CT molecular complexity index is 580. The van der Waals surface area contributed by atoms with Crippen LogP contribution in [0.25, 0.3) is 0 Å². The lowest BCUT2D eigenvalue weighted by atomic mass is 10.2. The van der Waals surface area contributed by atoms with E-state index in [1.165, 1.54) is 0 Å². The van der Waals surface area contributed by atoms with Gasteiger partial charge in [0.2, 0.25) is 5.91 Å². The number of rotatable bonds is 1. The molecule has 0 bridgehead atoms. The van der Waals surface area contributed by atoms with Crippen LogP contribution < -0.4 is 4.90 Å². The van der Waals surface area contributed by atoms with Gasteiger partial charge in [-0.1, -0.05) is 40.2 Å². The van der Waals surface area contributed by atoms with Gasteiger partial charge in [-0.15, -0.1) is 0 Å². The molecule has 1 aliphatic rings. The third-order valence-electron chi connectivity index (χ3n) is 2.89.